The van der Waals surface area contributed by atoms with Gasteiger partial charge < -0.3 is 25.9 Å². The highest BCUT2D eigenvalue weighted by molar-refractivity contribution is 6.90. The zero-order valence-electron chi connectivity index (χ0n) is 20.5. The molecular formula is C17H46O6Si5. The van der Waals surface area contributed by atoms with E-state index in [-0.39, 0.29) is 0 Å². The van der Waals surface area contributed by atoms with Gasteiger partial charge in [0.1, 0.15) is 0 Å². The summed E-state index contributed by atoms with van der Waals surface area (Å²) < 4.78 is 37.3. The molecule has 0 saturated heterocycles. The molecule has 0 aromatic carbocycles. The zero-order chi connectivity index (χ0) is 22.3. The molecule has 0 amide bonds. The predicted octanol–water partition coefficient (Wildman–Crippen LogP) is 5.18. The largest absolute Gasteiger partial charge is 0.437 e. The first-order valence-electron chi connectivity index (χ1n) is 10.3. The molecule has 0 atom stereocenters. The van der Waals surface area contributed by atoms with Gasteiger partial charge in [0.25, 0.3) is 0 Å². The van der Waals surface area contributed by atoms with Crippen LogP contribution in [0.5, 0.6) is 0 Å². The summed E-state index contributed by atoms with van der Waals surface area (Å²) in [6.07, 6.45) is 2.46. The van der Waals surface area contributed by atoms with Gasteiger partial charge in [0, 0.05) is 20.3 Å². The van der Waals surface area contributed by atoms with Crippen LogP contribution < -0.4 is 0 Å². The molecule has 0 bridgehead atoms. The minimum Gasteiger partial charge on any atom is -0.437 e. The molecule has 0 aliphatic rings. The van der Waals surface area contributed by atoms with Crippen molar-refractivity contribution in [1.29, 1.82) is 0 Å². The molecule has 0 spiro atoms. The van der Waals surface area contributed by atoms with Crippen LogP contribution in [-0.2, 0) is 25.9 Å². The summed E-state index contributed by atoms with van der Waals surface area (Å²) in [6.45, 7) is 25.2. The van der Waals surface area contributed by atoms with Gasteiger partial charge in [-0.2, -0.15) is 0 Å². The maximum atomic E-state index is 6.67. The minimum absolute atomic E-state index is 0.497. The summed E-state index contributed by atoms with van der Waals surface area (Å²) in [6, 6.07) is 0. The van der Waals surface area contributed by atoms with Gasteiger partial charge in [-0.3, -0.25) is 0 Å². The first-order chi connectivity index (χ1) is 12.4. The summed E-state index contributed by atoms with van der Waals surface area (Å²) in [5.41, 5.74) is 0. The summed E-state index contributed by atoms with van der Waals surface area (Å²) in [5, 5.41) is 0. The molecule has 0 radical (unpaired) electrons. The van der Waals surface area contributed by atoms with Crippen molar-refractivity contribution in [1.82, 2.24) is 0 Å². The Morgan fingerprint density at radius 3 is 1.29 bits per heavy atom. The molecular weight excluding hydrogens is 441 g/mol. The lowest BCUT2D eigenvalue weighted by Gasteiger charge is -2.42. The average Bonchev–Trinajstić information content (AvgIpc) is 2.34. The van der Waals surface area contributed by atoms with Gasteiger partial charge >= 0.3 is 25.7 Å². The maximum Gasteiger partial charge on any atom is 0.344 e. The second-order valence-electron chi connectivity index (χ2n) is 10.3. The fourth-order valence-corrected chi connectivity index (χ4v) is 26.1. The quantitative estimate of drug-likeness (QED) is 0.235. The Hall–Kier alpha value is 0.844. The van der Waals surface area contributed by atoms with Crippen molar-refractivity contribution >= 4 is 42.3 Å². The van der Waals surface area contributed by atoms with Crippen LogP contribution in [0.2, 0.25) is 72.0 Å². The summed E-state index contributed by atoms with van der Waals surface area (Å²) in [7, 11) is -8.99. The second-order valence-corrected chi connectivity index (χ2v) is 30.2. The van der Waals surface area contributed by atoms with Gasteiger partial charge in [0.2, 0.25) is 0 Å². The lowest BCUT2D eigenvalue weighted by Crippen LogP contribution is -2.61. The van der Waals surface area contributed by atoms with E-state index in [1.54, 1.807) is 7.11 Å². The molecule has 28 heavy (non-hydrogen) atoms. The summed E-state index contributed by atoms with van der Waals surface area (Å²) in [4.78, 5) is 0. The average molecular weight is 487 g/mol. The highest BCUT2D eigenvalue weighted by Gasteiger charge is 2.47. The predicted molar refractivity (Wildman–Crippen MR) is 130 cm³/mol. The Bertz CT molecular complexity index is 418. The standard InChI is InChI=1S/C17H46O6Si5/c1-18-15-13-14-16-19-17-28(12,22-26(8,9)20-24(2,3)4)23-27(10,11)21-25(5,6)7/h13-17H2,1-12H3. The molecule has 0 saturated carbocycles. The smallest absolute Gasteiger partial charge is 0.344 e. The Morgan fingerprint density at radius 1 is 0.536 bits per heavy atom. The Balaban J connectivity index is 5.18. The van der Waals surface area contributed by atoms with E-state index in [9.17, 15) is 0 Å². The van der Waals surface area contributed by atoms with Crippen molar-refractivity contribution in [3.63, 3.8) is 0 Å². The molecule has 0 rings (SSSR count). The summed E-state index contributed by atoms with van der Waals surface area (Å²) >= 11 is 0. The molecule has 11 heteroatoms. The lowest BCUT2D eigenvalue weighted by molar-refractivity contribution is 0.127. The number of hydrogen-bond acceptors (Lipinski definition) is 6. The van der Waals surface area contributed by atoms with E-state index in [1.165, 1.54) is 0 Å². The first kappa shape index (κ1) is 28.8. The van der Waals surface area contributed by atoms with Crippen molar-refractivity contribution in [2.24, 2.45) is 0 Å². The van der Waals surface area contributed by atoms with E-state index in [0.29, 0.717) is 12.8 Å². The fourth-order valence-electron chi connectivity index (χ4n) is 3.34. The number of unbranched alkanes of at least 4 members (excludes halogenated alkanes) is 1. The van der Waals surface area contributed by atoms with E-state index < -0.39 is 42.3 Å². The fraction of sp³-hybridized carbons (Fsp3) is 1.00. The zero-order valence-corrected chi connectivity index (χ0v) is 25.5. The third-order valence-electron chi connectivity index (χ3n) is 3.28. The van der Waals surface area contributed by atoms with Crippen LogP contribution in [0, 0.1) is 0 Å². The molecule has 0 aliphatic carbocycles. The molecule has 170 valence electrons. The van der Waals surface area contributed by atoms with Gasteiger partial charge in [-0.25, -0.2) is 0 Å². The Morgan fingerprint density at radius 2 is 0.929 bits per heavy atom. The lowest BCUT2D eigenvalue weighted by atomic mass is 10.3. The monoisotopic (exact) mass is 486 g/mol. The number of ether oxygens (including phenoxy) is 2. The molecule has 6 nitrogen and oxygen atoms in total. The van der Waals surface area contributed by atoms with Gasteiger partial charge in [0.05, 0.1) is 6.23 Å². The molecule has 0 fully saturated rings. The van der Waals surface area contributed by atoms with Crippen molar-refractivity contribution in [3.8, 4) is 0 Å². The molecule has 0 aromatic heterocycles. The molecule has 0 unspecified atom stereocenters. The highest BCUT2D eigenvalue weighted by Crippen LogP contribution is 2.26. The van der Waals surface area contributed by atoms with Crippen LogP contribution in [-0.4, -0.2) is 68.9 Å². The van der Waals surface area contributed by atoms with Gasteiger partial charge in [0.15, 0.2) is 16.6 Å². The summed E-state index contributed by atoms with van der Waals surface area (Å²) in [5.74, 6) is 0. The Labute approximate surface area is 179 Å². The molecule has 0 heterocycles. The van der Waals surface area contributed by atoms with Crippen LogP contribution in [0.25, 0.3) is 0 Å². The highest BCUT2D eigenvalue weighted by atomic mass is 28.5. The number of rotatable bonds is 15. The second kappa shape index (κ2) is 11.5. The van der Waals surface area contributed by atoms with Crippen LogP contribution in [0.15, 0.2) is 0 Å². The van der Waals surface area contributed by atoms with Crippen LogP contribution in [0.4, 0.5) is 0 Å². The van der Waals surface area contributed by atoms with E-state index in [2.05, 4.69) is 72.0 Å². The molecule has 0 N–H and O–H groups in total. The van der Waals surface area contributed by atoms with Crippen molar-refractivity contribution < 1.29 is 25.9 Å². The van der Waals surface area contributed by atoms with E-state index in [1.807, 2.05) is 0 Å². The third kappa shape index (κ3) is 15.7. The van der Waals surface area contributed by atoms with Crippen LogP contribution in [0.3, 0.4) is 0 Å². The minimum atomic E-state index is -2.62. The van der Waals surface area contributed by atoms with Crippen molar-refractivity contribution in [2.45, 2.75) is 84.9 Å². The molecule has 0 aromatic rings. The molecule has 0 aliphatic heterocycles. The maximum absolute atomic E-state index is 6.67. The van der Waals surface area contributed by atoms with E-state index in [4.69, 9.17) is 25.9 Å². The number of methoxy groups -OCH3 is 1. The van der Waals surface area contributed by atoms with E-state index >= 15 is 0 Å². The topological polar surface area (TPSA) is 55.4 Å². The van der Waals surface area contributed by atoms with Crippen LogP contribution >= 0.6 is 0 Å². The van der Waals surface area contributed by atoms with Gasteiger partial charge in [-0.15, -0.1) is 0 Å². The first-order valence-corrected chi connectivity index (χ1v) is 25.2. The normalized spacial score (nSPS) is 14.6. The Kier molecular flexibility index (Phi) is 11.8. The van der Waals surface area contributed by atoms with Crippen molar-refractivity contribution in [3.05, 3.63) is 0 Å². The van der Waals surface area contributed by atoms with Crippen LogP contribution in [0.1, 0.15) is 12.8 Å². The SMILES string of the molecule is COCCCCOC[Si](C)(O[Si](C)(C)O[Si](C)(C)C)O[Si](C)(C)O[Si](C)(C)C. The van der Waals surface area contributed by atoms with Crippen molar-refractivity contribution in [2.75, 3.05) is 26.6 Å². The van der Waals surface area contributed by atoms with Gasteiger partial charge in [-0.05, 0) is 84.9 Å². The van der Waals surface area contributed by atoms with Gasteiger partial charge in [-0.1, -0.05) is 0 Å². The van der Waals surface area contributed by atoms with E-state index in [0.717, 1.165) is 19.4 Å². The number of hydrogen-bond donors (Lipinski definition) is 0. The third-order valence-corrected chi connectivity index (χ3v) is 20.2.